The van der Waals surface area contributed by atoms with Crippen molar-refractivity contribution in [3.8, 4) is 0 Å². The Labute approximate surface area is 131 Å². The molecule has 1 N–H and O–H groups in total. The van der Waals surface area contributed by atoms with Crippen LogP contribution in [0.2, 0.25) is 5.15 Å². The van der Waals surface area contributed by atoms with Gasteiger partial charge in [0.25, 0.3) is 5.91 Å². The smallest absolute Gasteiger partial charge is 0.256 e. The first-order chi connectivity index (χ1) is 9.99. The summed E-state index contributed by atoms with van der Waals surface area (Å²) in [6, 6.07) is 3.31. The fraction of sp³-hybridized carbons (Fsp3) is 0.600. The Kier molecular flexibility index (Phi) is 7.64. The number of aliphatic hydroxyl groups excluding tert-OH is 1. The predicted octanol–water partition coefficient (Wildman–Crippen LogP) is 1.90. The molecule has 1 unspecified atom stereocenters. The summed E-state index contributed by atoms with van der Waals surface area (Å²) in [6.45, 7) is 7.22. The molecule has 6 heteroatoms. The van der Waals surface area contributed by atoms with E-state index in [9.17, 15) is 9.90 Å². The van der Waals surface area contributed by atoms with E-state index in [0.29, 0.717) is 12.0 Å². The molecule has 0 spiro atoms. The third-order valence-corrected chi connectivity index (χ3v) is 3.79. The summed E-state index contributed by atoms with van der Waals surface area (Å²) in [6.07, 6.45) is 1.63. The number of carbonyl (C=O) groups is 1. The lowest BCUT2D eigenvalue weighted by atomic mass is 10.2. The molecule has 0 aromatic carbocycles. The molecule has 1 aromatic heterocycles. The number of aliphatic hydroxyl groups is 1. The highest BCUT2D eigenvalue weighted by Crippen LogP contribution is 2.14. The van der Waals surface area contributed by atoms with Gasteiger partial charge in [-0.15, -0.1) is 0 Å². The molecule has 5 nitrogen and oxygen atoms in total. The summed E-state index contributed by atoms with van der Waals surface area (Å²) in [5.41, 5.74) is 0.359. The molecule has 1 amide bonds. The Bertz CT molecular complexity index is 452. The first-order valence-electron chi connectivity index (χ1n) is 7.25. The zero-order chi connectivity index (χ0) is 15.8. The van der Waals surface area contributed by atoms with E-state index in [0.717, 1.165) is 19.6 Å². The number of likely N-dealkylation sites (N-methyl/N-ethyl adjacent to an activating group) is 1. The molecular formula is C15H24ClN3O2. The Hall–Kier alpha value is -1.17. The van der Waals surface area contributed by atoms with Crippen LogP contribution in [0.3, 0.4) is 0 Å². The third-order valence-electron chi connectivity index (χ3n) is 3.49. The van der Waals surface area contributed by atoms with Gasteiger partial charge in [-0.1, -0.05) is 25.4 Å². The monoisotopic (exact) mass is 313 g/mol. The van der Waals surface area contributed by atoms with Crippen molar-refractivity contribution in [1.29, 1.82) is 0 Å². The topological polar surface area (TPSA) is 56.7 Å². The fourth-order valence-corrected chi connectivity index (χ4v) is 2.31. The summed E-state index contributed by atoms with van der Waals surface area (Å²) < 4.78 is 0. The zero-order valence-corrected chi connectivity index (χ0v) is 13.7. The van der Waals surface area contributed by atoms with Crippen molar-refractivity contribution in [1.82, 2.24) is 14.8 Å². The standard InChI is InChI=1S/C15H24ClN3O2/c1-4-19(5-2)10-8-12(20)11-18(3)15(21)13-7-6-9-17-14(13)16/h6-7,9,12,20H,4-5,8,10-11H2,1-3H3. The summed E-state index contributed by atoms with van der Waals surface area (Å²) in [5, 5.41) is 10.2. The number of aromatic nitrogens is 1. The maximum absolute atomic E-state index is 12.2. The van der Waals surface area contributed by atoms with E-state index in [-0.39, 0.29) is 17.6 Å². The second-order valence-corrected chi connectivity index (χ2v) is 5.35. The van der Waals surface area contributed by atoms with Gasteiger partial charge < -0.3 is 14.9 Å². The van der Waals surface area contributed by atoms with Gasteiger partial charge in [0.05, 0.1) is 11.7 Å². The molecular weight excluding hydrogens is 290 g/mol. The average molecular weight is 314 g/mol. The first-order valence-corrected chi connectivity index (χ1v) is 7.63. The number of rotatable bonds is 8. The normalized spacial score (nSPS) is 12.5. The quantitative estimate of drug-likeness (QED) is 0.745. The van der Waals surface area contributed by atoms with Crippen LogP contribution in [0.25, 0.3) is 0 Å². The van der Waals surface area contributed by atoms with Gasteiger partial charge in [-0.2, -0.15) is 0 Å². The largest absolute Gasteiger partial charge is 0.391 e. The minimum Gasteiger partial charge on any atom is -0.391 e. The zero-order valence-electron chi connectivity index (χ0n) is 12.9. The Morgan fingerprint density at radius 2 is 2.10 bits per heavy atom. The lowest BCUT2D eigenvalue weighted by molar-refractivity contribution is 0.0647. The van der Waals surface area contributed by atoms with Crippen LogP contribution in [0.15, 0.2) is 18.3 Å². The van der Waals surface area contributed by atoms with Crippen LogP contribution >= 0.6 is 11.6 Å². The lowest BCUT2D eigenvalue weighted by Crippen LogP contribution is -2.36. The van der Waals surface area contributed by atoms with Crippen LogP contribution in [0.4, 0.5) is 0 Å². The molecule has 0 saturated heterocycles. The Morgan fingerprint density at radius 3 is 2.67 bits per heavy atom. The molecule has 0 aliphatic rings. The maximum atomic E-state index is 12.2. The number of hydrogen-bond acceptors (Lipinski definition) is 4. The molecule has 1 heterocycles. The number of pyridine rings is 1. The molecule has 1 atom stereocenters. The van der Waals surface area contributed by atoms with Crippen molar-refractivity contribution in [3.63, 3.8) is 0 Å². The van der Waals surface area contributed by atoms with E-state index in [2.05, 4.69) is 23.7 Å². The molecule has 0 saturated carbocycles. The average Bonchev–Trinajstić information content (AvgIpc) is 2.48. The summed E-state index contributed by atoms with van der Waals surface area (Å²) in [5.74, 6) is -0.227. The highest BCUT2D eigenvalue weighted by molar-refractivity contribution is 6.32. The molecule has 0 aliphatic heterocycles. The van der Waals surface area contributed by atoms with Crippen molar-refractivity contribution in [2.24, 2.45) is 0 Å². The number of halogens is 1. The molecule has 0 fully saturated rings. The summed E-state index contributed by atoms with van der Waals surface area (Å²) >= 11 is 5.91. The van der Waals surface area contributed by atoms with E-state index in [1.54, 1.807) is 19.2 Å². The first kappa shape index (κ1) is 17.9. The second-order valence-electron chi connectivity index (χ2n) is 5.00. The summed E-state index contributed by atoms with van der Waals surface area (Å²) in [4.78, 5) is 19.8. The van der Waals surface area contributed by atoms with Gasteiger partial charge in [0, 0.05) is 26.3 Å². The number of amides is 1. The van der Waals surface area contributed by atoms with E-state index in [4.69, 9.17) is 11.6 Å². The van der Waals surface area contributed by atoms with Crippen LogP contribution in [-0.2, 0) is 0 Å². The number of carbonyl (C=O) groups excluding carboxylic acids is 1. The lowest BCUT2D eigenvalue weighted by Gasteiger charge is -2.24. The van der Waals surface area contributed by atoms with Gasteiger partial charge in [0.2, 0.25) is 0 Å². The van der Waals surface area contributed by atoms with E-state index in [1.165, 1.54) is 11.1 Å². The molecule has 0 radical (unpaired) electrons. The number of nitrogens with zero attached hydrogens (tertiary/aromatic N) is 3. The Morgan fingerprint density at radius 1 is 1.43 bits per heavy atom. The van der Waals surface area contributed by atoms with Crippen molar-refractivity contribution < 1.29 is 9.90 Å². The van der Waals surface area contributed by atoms with Crippen molar-refractivity contribution in [2.75, 3.05) is 33.2 Å². The SMILES string of the molecule is CCN(CC)CCC(O)CN(C)C(=O)c1cccnc1Cl. The minimum atomic E-state index is -0.546. The fourth-order valence-electron chi connectivity index (χ4n) is 2.11. The third kappa shape index (κ3) is 5.61. The van der Waals surface area contributed by atoms with Gasteiger partial charge in [0.15, 0.2) is 0 Å². The van der Waals surface area contributed by atoms with Gasteiger partial charge in [-0.25, -0.2) is 4.98 Å². The van der Waals surface area contributed by atoms with Crippen molar-refractivity contribution >= 4 is 17.5 Å². The molecule has 1 rings (SSSR count). The van der Waals surface area contributed by atoms with Crippen LogP contribution in [0, 0.1) is 0 Å². The van der Waals surface area contributed by atoms with Crippen LogP contribution in [0.1, 0.15) is 30.6 Å². The molecule has 118 valence electrons. The molecule has 1 aromatic rings. The van der Waals surface area contributed by atoms with Crippen LogP contribution in [-0.4, -0.2) is 65.1 Å². The molecule has 0 bridgehead atoms. The highest BCUT2D eigenvalue weighted by atomic mass is 35.5. The Balaban J connectivity index is 2.50. The predicted molar refractivity (Wildman–Crippen MR) is 84.6 cm³/mol. The maximum Gasteiger partial charge on any atom is 0.256 e. The van der Waals surface area contributed by atoms with Gasteiger partial charge >= 0.3 is 0 Å². The van der Waals surface area contributed by atoms with Crippen molar-refractivity contribution in [3.05, 3.63) is 29.0 Å². The summed E-state index contributed by atoms with van der Waals surface area (Å²) in [7, 11) is 1.66. The van der Waals surface area contributed by atoms with E-state index < -0.39 is 6.10 Å². The molecule has 0 aliphatic carbocycles. The van der Waals surface area contributed by atoms with Crippen LogP contribution < -0.4 is 0 Å². The van der Waals surface area contributed by atoms with E-state index in [1.807, 2.05) is 0 Å². The second kappa shape index (κ2) is 8.97. The van der Waals surface area contributed by atoms with Gasteiger partial charge in [-0.05, 0) is 31.6 Å². The molecule has 21 heavy (non-hydrogen) atoms. The highest BCUT2D eigenvalue weighted by Gasteiger charge is 2.18. The van der Waals surface area contributed by atoms with Gasteiger partial charge in [-0.3, -0.25) is 4.79 Å². The minimum absolute atomic E-state index is 0.187. The van der Waals surface area contributed by atoms with Crippen LogP contribution in [0.5, 0.6) is 0 Å². The van der Waals surface area contributed by atoms with Gasteiger partial charge in [0.1, 0.15) is 5.15 Å². The van der Waals surface area contributed by atoms with Crippen molar-refractivity contribution in [2.45, 2.75) is 26.4 Å². The number of hydrogen-bond donors (Lipinski definition) is 1. The van der Waals surface area contributed by atoms with E-state index >= 15 is 0 Å².